The molecule has 0 spiro atoms. The molecule has 0 saturated carbocycles. The molecule has 2 aromatic carbocycles. The molecule has 2 aromatic heterocycles. The molecule has 0 atom stereocenters. The highest BCUT2D eigenvalue weighted by Crippen LogP contribution is 2.30. The number of fused-ring (bicyclic) bond motifs is 1. The number of nitrogens with one attached hydrogen (secondary N) is 1. The zero-order valence-corrected chi connectivity index (χ0v) is 17.6. The molecule has 1 amide bonds. The van der Waals surface area contributed by atoms with Gasteiger partial charge in [0.1, 0.15) is 11.4 Å². The molecule has 4 aromatic rings. The number of hydrogen-bond acceptors (Lipinski definition) is 4. The van der Waals surface area contributed by atoms with Crippen LogP contribution in [0.1, 0.15) is 37.5 Å². The zero-order valence-electron chi connectivity index (χ0n) is 17.6. The van der Waals surface area contributed by atoms with E-state index in [0.29, 0.717) is 22.5 Å². The predicted octanol–water partition coefficient (Wildman–Crippen LogP) is 4.63. The van der Waals surface area contributed by atoms with E-state index >= 15 is 0 Å². The van der Waals surface area contributed by atoms with Gasteiger partial charge < -0.3 is 20.2 Å². The summed E-state index contributed by atoms with van der Waals surface area (Å²) in [5.74, 6) is 0.0184. The average molecular weight is 413 g/mol. The van der Waals surface area contributed by atoms with E-state index < -0.39 is 0 Å². The summed E-state index contributed by atoms with van der Waals surface area (Å²) >= 11 is 0. The molecule has 0 aliphatic heterocycles. The van der Waals surface area contributed by atoms with Gasteiger partial charge in [-0.05, 0) is 73.5 Å². The van der Waals surface area contributed by atoms with Gasteiger partial charge in [0.15, 0.2) is 0 Å². The van der Waals surface area contributed by atoms with Crippen LogP contribution in [0.4, 0.5) is 11.4 Å². The average Bonchev–Trinajstić information content (AvgIpc) is 3.04. The SMILES string of the molecule is COc1ccc(C(=O)c2c(N)c(C(=O)Nc3cc(C)cc(C)c3)c3ccccn23)cc1. The molecule has 0 unspecified atom stereocenters. The van der Waals surface area contributed by atoms with E-state index in [4.69, 9.17) is 10.5 Å². The molecular weight excluding hydrogens is 390 g/mol. The molecule has 6 nitrogen and oxygen atoms in total. The van der Waals surface area contributed by atoms with Crippen LogP contribution in [-0.4, -0.2) is 23.2 Å². The maximum absolute atomic E-state index is 13.3. The number of rotatable bonds is 5. The smallest absolute Gasteiger partial charge is 0.259 e. The van der Waals surface area contributed by atoms with Crippen LogP contribution < -0.4 is 15.8 Å². The lowest BCUT2D eigenvalue weighted by Crippen LogP contribution is -2.14. The Morgan fingerprint density at radius 3 is 2.29 bits per heavy atom. The van der Waals surface area contributed by atoms with Crippen molar-refractivity contribution in [3.8, 4) is 5.75 Å². The van der Waals surface area contributed by atoms with Gasteiger partial charge in [-0.1, -0.05) is 12.1 Å². The summed E-state index contributed by atoms with van der Waals surface area (Å²) in [5.41, 5.74) is 10.9. The molecule has 0 fully saturated rings. The lowest BCUT2D eigenvalue weighted by Gasteiger charge is -2.08. The third kappa shape index (κ3) is 3.75. The topological polar surface area (TPSA) is 85.8 Å². The number of pyridine rings is 1. The standard InChI is InChI=1S/C25H23N3O3/c1-15-12-16(2)14-18(13-15)27-25(30)21-20-6-4-5-11-28(20)23(22(21)26)24(29)17-7-9-19(31-3)10-8-17/h4-14H,26H2,1-3H3,(H,27,30). The summed E-state index contributed by atoms with van der Waals surface area (Å²) in [6.45, 7) is 3.94. The monoisotopic (exact) mass is 413 g/mol. The van der Waals surface area contributed by atoms with E-state index in [1.54, 1.807) is 54.1 Å². The van der Waals surface area contributed by atoms with Crippen LogP contribution in [0.2, 0.25) is 0 Å². The largest absolute Gasteiger partial charge is 0.497 e. The summed E-state index contributed by atoms with van der Waals surface area (Å²) in [6, 6.07) is 18.0. The molecule has 0 aliphatic rings. The van der Waals surface area contributed by atoms with Crippen molar-refractivity contribution >= 4 is 28.6 Å². The number of nitrogens with zero attached hydrogens (tertiary/aromatic N) is 1. The molecule has 2 heterocycles. The Morgan fingerprint density at radius 2 is 1.65 bits per heavy atom. The number of hydrogen-bond donors (Lipinski definition) is 2. The zero-order chi connectivity index (χ0) is 22.1. The number of methoxy groups -OCH3 is 1. The Balaban J connectivity index is 1.79. The number of amides is 1. The van der Waals surface area contributed by atoms with Crippen LogP contribution in [0.5, 0.6) is 5.75 Å². The molecule has 0 saturated heterocycles. The lowest BCUT2D eigenvalue weighted by molar-refractivity contribution is 0.102. The van der Waals surface area contributed by atoms with Crippen molar-refractivity contribution in [1.29, 1.82) is 0 Å². The van der Waals surface area contributed by atoms with Gasteiger partial charge in [0.05, 0.1) is 23.9 Å². The minimum absolute atomic E-state index is 0.147. The molecule has 156 valence electrons. The molecule has 3 N–H and O–H groups in total. The molecule has 4 rings (SSSR count). The van der Waals surface area contributed by atoms with Crippen LogP contribution >= 0.6 is 0 Å². The van der Waals surface area contributed by atoms with E-state index in [-0.39, 0.29) is 28.6 Å². The van der Waals surface area contributed by atoms with Gasteiger partial charge in [0, 0.05) is 17.4 Å². The van der Waals surface area contributed by atoms with Crippen molar-refractivity contribution < 1.29 is 14.3 Å². The van der Waals surface area contributed by atoms with Gasteiger partial charge in [-0.15, -0.1) is 0 Å². The first-order valence-corrected chi connectivity index (χ1v) is 9.86. The van der Waals surface area contributed by atoms with Gasteiger partial charge in [-0.25, -0.2) is 0 Å². The second-order valence-electron chi connectivity index (χ2n) is 7.48. The minimum atomic E-state index is -0.361. The molecule has 31 heavy (non-hydrogen) atoms. The Morgan fingerprint density at radius 1 is 0.968 bits per heavy atom. The fraction of sp³-hybridized carbons (Fsp3) is 0.120. The van der Waals surface area contributed by atoms with Crippen LogP contribution in [0, 0.1) is 13.8 Å². The Hall–Kier alpha value is -4.06. The van der Waals surface area contributed by atoms with Crippen LogP contribution in [-0.2, 0) is 0 Å². The number of carbonyl (C=O) groups excluding carboxylic acids is 2. The Labute approximate surface area is 180 Å². The number of aromatic nitrogens is 1. The number of ether oxygens (including phenoxy) is 1. The maximum Gasteiger partial charge on any atom is 0.259 e. The molecule has 0 aliphatic carbocycles. The van der Waals surface area contributed by atoms with Gasteiger partial charge >= 0.3 is 0 Å². The van der Waals surface area contributed by atoms with Crippen molar-refractivity contribution in [2.45, 2.75) is 13.8 Å². The third-order valence-corrected chi connectivity index (χ3v) is 5.16. The minimum Gasteiger partial charge on any atom is -0.497 e. The van der Waals surface area contributed by atoms with E-state index in [9.17, 15) is 9.59 Å². The van der Waals surface area contributed by atoms with E-state index in [2.05, 4.69) is 5.32 Å². The fourth-order valence-corrected chi connectivity index (χ4v) is 3.82. The quantitative estimate of drug-likeness (QED) is 0.467. The number of benzene rings is 2. The second-order valence-corrected chi connectivity index (χ2v) is 7.48. The first kappa shape index (κ1) is 20.2. The highest BCUT2D eigenvalue weighted by Gasteiger charge is 2.26. The number of ketones is 1. The highest BCUT2D eigenvalue weighted by molar-refractivity contribution is 6.20. The number of aryl methyl sites for hydroxylation is 2. The predicted molar refractivity (Wildman–Crippen MR) is 122 cm³/mol. The normalized spacial score (nSPS) is 10.8. The summed E-state index contributed by atoms with van der Waals surface area (Å²) in [6.07, 6.45) is 1.73. The van der Waals surface area contributed by atoms with E-state index in [0.717, 1.165) is 11.1 Å². The second kappa shape index (κ2) is 7.99. The molecule has 6 heteroatoms. The highest BCUT2D eigenvalue weighted by atomic mass is 16.5. The van der Waals surface area contributed by atoms with E-state index in [1.165, 1.54) is 0 Å². The van der Waals surface area contributed by atoms with Gasteiger partial charge in [0.25, 0.3) is 5.91 Å². The lowest BCUT2D eigenvalue weighted by atomic mass is 10.1. The van der Waals surface area contributed by atoms with Crippen molar-refractivity contribution in [1.82, 2.24) is 4.40 Å². The summed E-state index contributed by atoms with van der Waals surface area (Å²) in [5, 5.41) is 2.92. The fourth-order valence-electron chi connectivity index (χ4n) is 3.82. The number of nitrogens with two attached hydrogens (primary N) is 1. The van der Waals surface area contributed by atoms with Gasteiger partial charge in [-0.3, -0.25) is 9.59 Å². The van der Waals surface area contributed by atoms with Crippen molar-refractivity contribution in [3.05, 3.63) is 94.8 Å². The first-order chi connectivity index (χ1) is 14.9. The maximum atomic E-state index is 13.3. The van der Waals surface area contributed by atoms with Crippen molar-refractivity contribution in [3.63, 3.8) is 0 Å². The van der Waals surface area contributed by atoms with Gasteiger partial charge in [-0.2, -0.15) is 0 Å². The Kier molecular flexibility index (Phi) is 5.21. The van der Waals surface area contributed by atoms with Crippen LogP contribution in [0.15, 0.2) is 66.9 Å². The van der Waals surface area contributed by atoms with Crippen molar-refractivity contribution in [2.24, 2.45) is 0 Å². The number of carbonyl (C=O) groups is 2. The first-order valence-electron chi connectivity index (χ1n) is 9.86. The summed E-state index contributed by atoms with van der Waals surface area (Å²) in [4.78, 5) is 26.5. The van der Waals surface area contributed by atoms with E-state index in [1.807, 2.05) is 38.1 Å². The molecular formula is C25H23N3O3. The van der Waals surface area contributed by atoms with Gasteiger partial charge in [0.2, 0.25) is 5.78 Å². The van der Waals surface area contributed by atoms with Crippen LogP contribution in [0.3, 0.4) is 0 Å². The number of anilines is 2. The number of nitrogen functional groups attached to an aromatic ring is 1. The molecule has 0 bridgehead atoms. The molecule has 0 radical (unpaired) electrons. The Bertz CT molecular complexity index is 1280. The third-order valence-electron chi connectivity index (χ3n) is 5.16. The summed E-state index contributed by atoms with van der Waals surface area (Å²) < 4.78 is 6.83. The van der Waals surface area contributed by atoms with Crippen molar-refractivity contribution in [2.75, 3.05) is 18.2 Å². The van der Waals surface area contributed by atoms with Crippen LogP contribution in [0.25, 0.3) is 5.52 Å². The summed E-state index contributed by atoms with van der Waals surface area (Å²) in [7, 11) is 1.57.